The smallest absolute Gasteiger partial charge is 0.152 e. The van der Waals surface area contributed by atoms with E-state index in [1.165, 1.54) is 19.4 Å². The topological polar surface area (TPSA) is 45.4 Å². The van der Waals surface area contributed by atoms with E-state index in [0.29, 0.717) is 12.1 Å². The van der Waals surface area contributed by atoms with Crippen molar-refractivity contribution >= 4 is 11.5 Å². The van der Waals surface area contributed by atoms with Gasteiger partial charge in [-0.2, -0.15) is 0 Å². The molecule has 4 heteroatoms. The van der Waals surface area contributed by atoms with Crippen molar-refractivity contribution in [1.82, 2.24) is 9.88 Å². The molecule has 1 aromatic heterocycles. The Balaban J connectivity index is 1.89. The largest absolute Gasteiger partial charge is 0.396 e. The van der Waals surface area contributed by atoms with E-state index in [2.05, 4.69) is 28.6 Å². The van der Waals surface area contributed by atoms with Crippen molar-refractivity contribution in [2.45, 2.75) is 38.8 Å². The molecule has 2 saturated heterocycles. The van der Waals surface area contributed by atoms with E-state index in [4.69, 9.17) is 5.73 Å². The normalized spacial score (nSPS) is 28.4. The molecule has 0 radical (unpaired) electrons. The molecule has 2 atom stereocenters. The van der Waals surface area contributed by atoms with Crippen molar-refractivity contribution in [3.8, 4) is 0 Å². The highest BCUT2D eigenvalue weighted by Crippen LogP contribution is 2.31. The Hall–Kier alpha value is -1.29. The number of anilines is 2. The van der Waals surface area contributed by atoms with Gasteiger partial charge < -0.3 is 10.6 Å². The van der Waals surface area contributed by atoms with Crippen LogP contribution in [0.3, 0.4) is 0 Å². The third kappa shape index (κ3) is 1.85. The second kappa shape index (κ2) is 4.43. The van der Waals surface area contributed by atoms with Gasteiger partial charge in [-0.05, 0) is 44.9 Å². The van der Waals surface area contributed by atoms with Gasteiger partial charge in [0.15, 0.2) is 5.82 Å². The molecule has 0 aliphatic carbocycles. The highest BCUT2D eigenvalue weighted by atomic mass is 15.3. The quantitative estimate of drug-likeness (QED) is 0.818. The molecule has 2 N–H and O–H groups in total. The van der Waals surface area contributed by atoms with Crippen LogP contribution in [-0.2, 0) is 0 Å². The number of fused-ring (bicyclic) bond motifs is 1. The maximum atomic E-state index is 6.20. The Kier molecular flexibility index (Phi) is 2.90. The fourth-order valence-electron chi connectivity index (χ4n) is 3.27. The Bertz CT molecular complexity index is 445. The first kappa shape index (κ1) is 11.8. The zero-order valence-corrected chi connectivity index (χ0v) is 11.3. The van der Waals surface area contributed by atoms with Gasteiger partial charge in [-0.3, -0.25) is 4.90 Å². The van der Waals surface area contributed by atoms with E-state index in [-0.39, 0.29) is 0 Å². The fourth-order valence-corrected chi connectivity index (χ4v) is 3.27. The summed E-state index contributed by atoms with van der Waals surface area (Å²) in [4.78, 5) is 9.53. The average molecular weight is 246 g/mol. The van der Waals surface area contributed by atoms with Crippen LogP contribution in [0, 0.1) is 6.92 Å². The van der Waals surface area contributed by atoms with E-state index in [1.807, 2.05) is 12.3 Å². The average Bonchev–Trinajstić information content (AvgIpc) is 2.79. The third-order valence-corrected chi connectivity index (χ3v) is 4.40. The number of nitrogen functional groups attached to an aromatic ring is 1. The van der Waals surface area contributed by atoms with Crippen LogP contribution in [0.2, 0.25) is 0 Å². The number of nitrogens with two attached hydrogens (primary N) is 1. The highest BCUT2D eigenvalue weighted by Gasteiger charge is 2.35. The second-order valence-corrected chi connectivity index (χ2v) is 5.66. The van der Waals surface area contributed by atoms with Crippen molar-refractivity contribution in [3.05, 3.63) is 17.8 Å². The monoisotopic (exact) mass is 246 g/mol. The Morgan fingerprint density at radius 2 is 2.22 bits per heavy atom. The number of rotatable bonds is 1. The molecule has 3 rings (SSSR count). The van der Waals surface area contributed by atoms with Gasteiger partial charge in [-0.15, -0.1) is 0 Å². The summed E-state index contributed by atoms with van der Waals surface area (Å²) in [6.45, 7) is 7.80. The number of aromatic nitrogens is 1. The highest BCUT2D eigenvalue weighted by molar-refractivity contribution is 5.67. The van der Waals surface area contributed by atoms with Gasteiger partial charge in [0.1, 0.15) is 0 Å². The number of pyridine rings is 1. The van der Waals surface area contributed by atoms with Crippen LogP contribution in [0.25, 0.3) is 0 Å². The summed E-state index contributed by atoms with van der Waals surface area (Å²) in [5, 5.41) is 0. The number of aryl methyl sites for hydroxylation is 1. The summed E-state index contributed by atoms with van der Waals surface area (Å²) >= 11 is 0. The summed E-state index contributed by atoms with van der Waals surface area (Å²) in [7, 11) is 0. The molecule has 2 aliphatic heterocycles. The summed E-state index contributed by atoms with van der Waals surface area (Å²) < 4.78 is 0. The van der Waals surface area contributed by atoms with Crippen LogP contribution in [0.5, 0.6) is 0 Å². The van der Waals surface area contributed by atoms with Gasteiger partial charge >= 0.3 is 0 Å². The predicted molar refractivity (Wildman–Crippen MR) is 74.8 cm³/mol. The molecule has 2 fully saturated rings. The molecule has 2 aliphatic rings. The molecule has 98 valence electrons. The molecular weight excluding hydrogens is 224 g/mol. The van der Waals surface area contributed by atoms with Crippen molar-refractivity contribution in [2.75, 3.05) is 30.3 Å². The van der Waals surface area contributed by atoms with Gasteiger partial charge in [0.05, 0.1) is 5.69 Å². The van der Waals surface area contributed by atoms with Gasteiger partial charge in [0, 0.05) is 31.4 Å². The molecule has 0 amide bonds. The minimum Gasteiger partial charge on any atom is -0.396 e. The van der Waals surface area contributed by atoms with Gasteiger partial charge in [-0.1, -0.05) is 0 Å². The summed E-state index contributed by atoms with van der Waals surface area (Å²) in [5.41, 5.74) is 8.16. The Morgan fingerprint density at radius 1 is 1.39 bits per heavy atom. The van der Waals surface area contributed by atoms with Crippen LogP contribution in [0.4, 0.5) is 11.5 Å². The molecule has 4 nitrogen and oxygen atoms in total. The SMILES string of the molecule is Cc1ccnc(N2CC3CCCN3CC2C)c1N. The van der Waals surface area contributed by atoms with E-state index in [1.54, 1.807) is 0 Å². The molecule has 3 heterocycles. The first-order chi connectivity index (χ1) is 8.66. The molecule has 0 spiro atoms. The maximum Gasteiger partial charge on any atom is 0.152 e. The molecule has 18 heavy (non-hydrogen) atoms. The standard InChI is InChI=1S/C14H22N4/c1-10-5-6-16-14(13(10)15)18-9-12-4-3-7-17(12)8-11(18)2/h5-6,11-12H,3-4,7-9,15H2,1-2H3. The summed E-state index contributed by atoms with van der Waals surface area (Å²) in [5.74, 6) is 0.981. The minimum absolute atomic E-state index is 0.496. The van der Waals surface area contributed by atoms with Crippen molar-refractivity contribution in [2.24, 2.45) is 0 Å². The van der Waals surface area contributed by atoms with Crippen LogP contribution in [0.15, 0.2) is 12.3 Å². The first-order valence-electron chi connectivity index (χ1n) is 6.88. The minimum atomic E-state index is 0.496. The summed E-state index contributed by atoms with van der Waals surface area (Å²) in [6.07, 6.45) is 4.52. The Labute approximate surface area is 109 Å². The molecule has 1 aromatic rings. The van der Waals surface area contributed by atoms with Crippen molar-refractivity contribution in [1.29, 1.82) is 0 Å². The van der Waals surface area contributed by atoms with Crippen LogP contribution < -0.4 is 10.6 Å². The predicted octanol–water partition coefficient (Wildman–Crippen LogP) is 1.65. The molecule has 0 saturated carbocycles. The van der Waals surface area contributed by atoms with Crippen molar-refractivity contribution in [3.63, 3.8) is 0 Å². The zero-order valence-electron chi connectivity index (χ0n) is 11.3. The van der Waals surface area contributed by atoms with E-state index in [9.17, 15) is 0 Å². The van der Waals surface area contributed by atoms with E-state index < -0.39 is 0 Å². The second-order valence-electron chi connectivity index (χ2n) is 5.66. The third-order valence-electron chi connectivity index (χ3n) is 4.40. The van der Waals surface area contributed by atoms with Crippen LogP contribution >= 0.6 is 0 Å². The molecule has 0 bridgehead atoms. The summed E-state index contributed by atoms with van der Waals surface area (Å²) in [6, 6.07) is 3.17. The number of nitrogens with zero attached hydrogens (tertiary/aromatic N) is 3. The fraction of sp³-hybridized carbons (Fsp3) is 0.643. The maximum absolute atomic E-state index is 6.20. The number of piperazine rings is 1. The zero-order chi connectivity index (χ0) is 12.7. The van der Waals surface area contributed by atoms with Gasteiger partial charge in [0.25, 0.3) is 0 Å². The molecule has 2 unspecified atom stereocenters. The van der Waals surface area contributed by atoms with Crippen LogP contribution in [-0.4, -0.2) is 41.6 Å². The van der Waals surface area contributed by atoms with Gasteiger partial charge in [-0.25, -0.2) is 4.98 Å². The van der Waals surface area contributed by atoms with E-state index >= 15 is 0 Å². The Morgan fingerprint density at radius 3 is 3.06 bits per heavy atom. The first-order valence-corrected chi connectivity index (χ1v) is 6.88. The number of hydrogen-bond acceptors (Lipinski definition) is 4. The lowest BCUT2D eigenvalue weighted by Crippen LogP contribution is -2.55. The van der Waals surface area contributed by atoms with Gasteiger partial charge in [0.2, 0.25) is 0 Å². The van der Waals surface area contributed by atoms with Crippen molar-refractivity contribution < 1.29 is 0 Å². The van der Waals surface area contributed by atoms with Crippen LogP contribution in [0.1, 0.15) is 25.3 Å². The molecule has 0 aromatic carbocycles. The lowest BCUT2D eigenvalue weighted by molar-refractivity contribution is 0.202. The van der Waals surface area contributed by atoms with E-state index in [0.717, 1.165) is 30.2 Å². The lowest BCUT2D eigenvalue weighted by atomic mass is 10.1. The number of hydrogen-bond donors (Lipinski definition) is 1. The molecular formula is C14H22N4. The lowest BCUT2D eigenvalue weighted by Gasteiger charge is -2.43.